The van der Waals surface area contributed by atoms with E-state index in [1.807, 2.05) is 18.3 Å². The van der Waals surface area contributed by atoms with Gasteiger partial charge in [0.2, 0.25) is 11.8 Å². The molecule has 5 saturated heterocycles. The predicted octanol–water partition coefficient (Wildman–Crippen LogP) is 4.27. The van der Waals surface area contributed by atoms with Gasteiger partial charge in [0.05, 0.1) is 36.2 Å². The highest BCUT2D eigenvalue weighted by molar-refractivity contribution is 6.00. The quantitative estimate of drug-likeness (QED) is 0.191. The number of amides is 2. The number of carbonyl (C=O) groups excluding carboxylic acids is 2. The molecular formula is C48H59N9O6. The molecule has 5 aliphatic heterocycles. The fourth-order valence-electron chi connectivity index (χ4n) is 11.2. The summed E-state index contributed by atoms with van der Waals surface area (Å²) >= 11 is 0. The Bertz CT molecular complexity index is 2690. The van der Waals surface area contributed by atoms with E-state index in [0.717, 1.165) is 147 Å². The Labute approximate surface area is 367 Å². The Morgan fingerprint density at radius 3 is 2.22 bits per heavy atom. The number of ether oxygens (including phenoxy) is 2. The van der Waals surface area contributed by atoms with Crippen LogP contribution in [0.25, 0.3) is 32.9 Å². The SMILES string of the molecule is COc1cc(-c2cn(C)c(=O)c3cnc(N4CCC4)cc23)cc(OC)c1CN1CCC(CN2CCC3(CC2)CN(Cc2cccc4c2n(C)c(=O)n4C2CCC(=O)NC2=O)C3)CC1. The number of nitrogens with zero attached hydrogens (tertiary/aromatic N) is 8. The molecule has 8 heterocycles. The number of nitrogens with one attached hydrogen (secondary N) is 1. The van der Waals surface area contributed by atoms with Gasteiger partial charge < -0.3 is 23.8 Å². The number of anilines is 1. The fraction of sp³-hybridized carbons (Fsp3) is 0.521. The van der Waals surface area contributed by atoms with Crippen molar-refractivity contribution in [2.75, 3.05) is 78.0 Å². The maximum Gasteiger partial charge on any atom is 0.329 e. The number of hydrogen-bond acceptors (Lipinski definition) is 11. The van der Waals surface area contributed by atoms with E-state index in [4.69, 9.17) is 9.47 Å². The fourth-order valence-corrected chi connectivity index (χ4v) is 11.2. The van der Waals surface area contributed by atoms with E-state index >= 15 is 0 Å². The molecular weight excluding hydrogens is 799 g/mol. The van der Waals surface area contributed by atoms with Gasteiger partial charge >= 0.3 is 5.69 Å². The van der Waals surface area contributed by atoms with Crippen LogP contribution in [0.5, 0.6) is 11.5 Å². The Morgan fingerprint density at radius 1 is 0.825 bits per heavy atom. The van der Waals surface area contributed by atoms with E-state index in [0.29, 0.717) is 23.1 Å². The number of aromatic nitrogens is 4. The third kappa shape index (κ3) is 7.61. The van der Waals surface area contributed by atoms with Gasteiger partial charge in [0.1, 0.15) is 23.4 Å². The zero-order valence-electron chi connectivity index (χ0n) is 37.0. The molecule has 1 atom stereocenters. The molecule has 1 spiro atoms. The molecule has 3 aromatic heterocycles. The molecule has 2 aromatic carbocycles. The Kier molecular flexibility index (Phi) is 10.9. The highest BCUT2D eigenvalue weighted by atomic mass is 16.5. The first kappa shape index (κ1) is 41.5. The van der Waals surface area contributed by atoms with Crippen molar-refractivity contribution in [2.45, 2.75) is 64.1 Å². The molecule has 0 saturated carbocycles. The molecule has 15 heteroatoms. The summed E-state index contributed by atoms with van der Waals surface area (Å²) in [6, 6.07) is 11.5. The van der Waals surface area contributed by atoms with Crippen molar-refractivity contribution in [3.8, 4) is 22.6 Å². The zero-order chi connectivity index (χ0) is 43.6. The molecule has 332 valence electrons. The van der Waals surface area contributed by atoms with Crippen LogP contribution < -0.4 is 30.9 Å². The van der Waals surface area contributed by atoms with Crippen LogP contribution in [0.4, 0.5) is 5.82 Å². The summed E-state index contributed by atoms with van der Waals surface area (Å²) in [5.74, 6) is 2.46. The molecule has 5 fully saturated rings. The lowest BCUT2D eigenvalue weighted by Crippen LogP contribution is -2.60. The number of methoxy groups -OCH3 is 2. The van der Waals surface area contributed by atoms with E-state index < -0.39 is 11.9 Å². The first-order chi connectivity index (χ1) is 30.5. The number of carbonyl (C=O) groups is 2. The maximum absolute atomic E-state index is 13.4. The van der Waals surface area contributed by atoms with Crippen LogP contribution in [-0.2, 0) is 36.8 Å². The van der Waals surface area contributed by atoms with E-state index in [9.17, 15) is 19.2 Å². The van der Waals surface area contributed by atoms with Gasteiger partial charge in [0.25, 0.3) is 5.56 Å². The molecule has 15 nitrogen and oxygen atoms in total. The van der Waals surface area contributed by atoms with Crippen molar-refractivity contribution in [3.05, 3.63) is 80.8 Å². The third-order valence-electron chi connectivity index (χ3n) is 14.9. The zero-order valence-corrected chi connectivity index (χ0v) is 37.0. The Balaban J connectivity index is 0.736. The average Bonchev–Trinajstić information content (AvgIpc) is 3.51. The summed E-state index contributed by atoms with van der Waals surface area (Å²) in [6.45, 7) is 11.1. The summed E-state index contributed by atoms with van der Waals surface area (Å²) in [4.78, 5) is 65.7. The normalized spacial score (nSPS) is 21.2. The number of piperidine rings is 3. The van der Waals surface area contributed by atoms with Crippen molar-refractivity contribution in [1.82, 2.24) is 38.7 Å². The number of rotatable bonds is 11. The minimum Gasteiger partial charge on any atom is -0.496 e. The lowest BCUT2D eigenvalue weighted by atomic mass is 9.71. The topological polar surface area (TPSA) is 139 Å². The number of pyridine rings is 2. The van der Waals surface area contributed by atoms with Crippen LogP contribution in [0.15, 0.2) is 58.4 Å². The van der Waals surface area contributed by atoms with Crippen molar-refractivity contribution >= 4 is 39.4 Å². The molecule has 2 amide bonds. The van der Waals surface area contributed by atoms with Crippen molar-refractivity contribution in [3.63, 3.8) is 0 Å². The lowest BCUT2D eigenvalue weighted by molar-refractivity contribution is -0.135. The number of aryl methyl sites for hydroxylation is 2. The molecule has 1 unspecified atom stereocenters. The average molecular weight is 858 g/mol. The first-order valence-corrected chi connectivity index (χ1v) is 22.7. The molecule has 5 aliphatic rings. The van der Waals surface area contributed by atoms with Gasteiger partial charge in [-0.1, -0.05) is 12.1 Å². The van der Waals surface area contributed by atoms with Crippen LogP contribution in [0, 0.1) is 11.3 Å². The van der Waals surface area contributed by atoms with E-state index in [-0.39, 0.29) is 23.6 Å². The predicted molar refractivity (Wildman–Crippen MR) is 242 cm³/mol. The third-order valence-corrected chi connectivity index (χ3v) is 14.9. The van der Waals surface area contributed by atoms with E-state index in [2.05, 4.69) is 54.2 Å². The molecule has 0 aliphatic carbocycles. The number of para-hydroxylation sites is 1. The van der Waals surface area contributed by atoms with Gasteiger partial charge in [0.15, 0.2) is 0 Å². The second-order valence-corrected chi connectivity index (χ2v) is 18.9. The molecule has 5 aromatic rings. The Morgan fingerprint density at radius 2 is 1.56 bits per heavy atom. The highest BCUT2D eigenvalue weighted by Crippen LogP contribution is 2.43. The van der Waals surface area contributed by atoms with E-state index in [1.54, 1.807) is 48.2 Å². The van der Waals surface area contributed by atoms with Crippen LogP contribution in [0.1, 0.15) is 62.1 Å². The highest BCUT2D eigenvalue weighted by Gasteiger charge is 2.45. The second-order valence-electron chi connectivity index (χ2n) is 18.9. The molecule has 63 heavy (non-hydrogen) atoms. The molecule has 0 bridgehead atoms. The second kappa shape index (κ2) is 16.6. The number of fused-ring (bicyclic) bond motifs is 2. The minimum absolute atomic E-state index is 0.0640. The molecule has 0 radical (unpaired) electrons. The summed E-state index contributed by atoms with van der Waals surface area (Å²) in [7, 11) is 7.01. The molecule has 1 N–H and O–H groups in total. The van der Waals surface area contributed by atoms with Gasteiger partial charge in [-0.2, -0.15) is 0 Å². The number of imide groups is 1. The Hall–Kier alpha value is -5.51. The van der Waals surface area contributed by atoms with E-state index in [1.165, 1.54) is 12.8 Å². The van der Waals surface area contributed by atoms with Crippen molar-refractivity contribution in [2.24, 2.45) is 25.4 Å². The smallest absolute Gasteiger partial charge is 0.329 e. The van der Waals surface area contributed by atoms with Crippen LogP contribution in [0.3, 0.4) is 0 Å². The summed E-state index contributed by atoms with van der Waals surface area (Å²) < 4.78 is 17.0. The standard InChI is InChI=1S/C48H59N9O6/c1-51-27-36(34-23-42(56-15-6-16-56)49-24-35(34)46(51)60)33-21-40(62-3)37(41(22-33)63-4)28-53-17-11-31(12-18-53)25-54-19-13-48(14-20-54)29-55(30-48)26-32-7-5-8-38-44(32)52(2)47(61)57(38)39-9-10-43(58)50-45(39)59/h5,7-8,21-24,27,31,39H,6,9-20,25-26,28-30H2,1-4H3,(H,50,58,59). The van der Waals surface area contributed by atoms with Crippen LogP contribution >= 0.6 is 0 Å². The van der Waals surface area contributed by atoms with Crippen molar-refractivity contribution in [1.29, 1.82) is 0 Å². The van der Waals surface area contributed by atoms with Gasteiger partial charge in [-0.3, -0.25) is 38.6 Å². The summed E-state index contributed by atoms with van der Waals surface area (Å²) in [5, 5.41) is 3.89. The van der Waals surface area contributed by atoms with Gasteiger partial charge in [0, 0.05) is 89.7 Å². The lowest BCUT2D eigenvalue weighted by Gasteiger charge is -2.54. The van der Waals surface area contributed by atoms with Gasteiger partial charge in [-0.05, 0) is 111 Å². The number of hydrogen-bond donors (Lipinski definition) is 1. The largest absolute Gasteiger partial charge is 0.496 e. The van der Waals surface area contributed by atoms with Crippen LogP contribution in [0.2, 0.25) is 0 Å². The minimum atomic E-state index is -0.679. The first-order valence-electron chi connectivity index (χ1n) is 22.7. The van der Waals surface area contributed by atoms with Crippen LogP contribution in [-0.4, -0.2) is 118 Å². The number of imidazole rings is 1. The van der Waals surface area contributed by atoms with Gasteiger partial charge in [-0.25, -0.2) is 9.78 Å². The summed E-state index contributed by atoms with van der Waals surface area (Å²) in [6.07, 6.45) is 10.1. The number of likely N-dealkylation sites (tertiary alicyclic amines) is 3. The number of benzene rings is 2. The maximum atomic E-state index is 13.4. The van der Waals surface area contributed by atoms with Gasteiger partial charge in [-0.15, -0.1) is 0 Å². The van der Waals surface area contributed by atoms with Crippen molar-refractivity contribution < 1.29 is 19.1 Å². The molecule has 10 rings (SSSR count). The summed E-state index contributed by atoms with van der Waals surface area (Å²) in [5.41, 5.74) is 5.70. The monoisotopic (exact) mass is 857 g/mol.